The molecule has 0 aliphatic carbocycles. The molecule has 3 N–H and O–H groups in total. The molecule has 0 spiro atoms. The molecule has 3 heterocycles. The van der Waals surface area contributed by atoms with Crippen LogP contribution >= 0.6 is 0 Å². The molecule has 0 saturated heterocycles. The van der Waals surface area contributed by atoms with E-state index >= 15 is 0 Å². The number of rotatable bonds is 0. The van der Waals surface area contributed by atoms with E-state index in [0.717, 1.165) is 0 Å². The molecular formula is C24H15N3. The van der Waals surface area contributed by atoms with Crippen LogP contribution in [0.3, 0.4) is 0 Å². The predicted molar refractivity (Wildman–Crippen MR) is 115 cm³/mol. The van der Waals surface area contributed by atoms with Crippen molar-refractivity contribution in [1.29, 1.82) is 0 Å². The van der Waals surface area contributed by atoms with E-state index < -0.39 is 0 Å². The summed E-state index contributed by atoms with van der Waals surface area (Å²) in [5.74, 6) is 0. The first kappa shape index (κ1) is 13.5. The van der Waals surface area contributed by atoms with Gasteiger partial charge in [-0.1, -0.05) is 36.4 Å². The molecule has 27 heavy (non-hydrogen) atoms. The number of nitrogens with one attached hydrogen (secondary N) is 3. The molecule has 0 atom stereocenters. The number of para-hydroxylation sites is 2. The molecule has 0 aliphatic heterocycles. The van der Waals surface area contributed by atoms with Gasteiger partial charge in [0.15, 0.2) is 0 Å². The first-order chi connectivity index (χ1) is 13.4. The summed E-state index contributed by atoms with van der Waals surface area (Å²) >= 11 is 0. The number of aromatic nitrogens is 3. The second-order valence-electron chi connectivity index (χ2n) is 7.32. The van der Waals surface area contributed by atoms with E-state index in [1.165, 1.54) is 65.4 Å². The van der Waals surface area contributed by atoms with Crippen molar-refractivity contribution < 1.29 is 0 Å². The monoisotopic (exact) mass is 345 g/mol. The average molecular weight is 345 g/mol. The van der Waals surface area contributed by atoms with Crippen molar-refractivity contribution in [1.82, 2.24) is 15.0 Å². The van der Waals surface area contributed by atoms with E-state index in [-0.39, 0.29) is 0 Å². The molecule has 0 aliphatic rings. The maximum absolute atomic E-state index is 3.64. The maximum atomic E-state index is 3.64. The zero-order valence-corrected chi connectivity index (χ0v) is 14.4. The molecule has 0 radical (unpaired) electrons. The summed E-state index contributed by atoms with van der Waals surface area (Å²) in [5.41, 5.74) is 7.09. The highest BCUT2D eigenvalue weighted by molar-refractivity contribution is 6.29. The van der Waals surface area contributed by atoms with Gasteiger partial charge in [-0.15, -0.1) is 0 Å². The molecular weight excluding hydrogens is 330 g/mol. The van der Waals surface area contributed by atoms with Crippen molar-refractivity contribution >= 4 is 65.4 Å². The molecule has 0 saturated carbocycles. The van der Waals surface area contributed by atoms with Crippen LogP contribution in [0.4, 0.5) is 0 Å². The highest BCUT2D eigenvalue weighted by Crippen LogP contribution is 2.38. The van der Waals surface area contributed by atoms with Crippen LogP contribution in [0.15, 0.2) is 72.8 Å². The van der Waals surface area contributed by atoms with Crippen LogP contribution in [0.5, 0.6) is 0 Å². The Labute approximate surface area is 153 Å². The van der Waals surface area contributed by atoms with E-state index in [4.69, 9.17) is 0 Å². The van der Waals surface area contributed by atoms with Crippen LogP contribution < -0.4 is 0 Å². The lowest BCUT2D eigenvalue weighted by Crippen LogP contribution is -1.72. The number of benzene rings is 4. The van der Waals surface area contributed by atoms with Crippen LogP contribution in [-0.2, 0) is 0 Å². The highest BCUT2D eigenvalue weighted by atomic mass is 14.7. The lowest BCUT2D eigenvalue weighted by molar-refractivity contribution is 1.53. The fourth-order valence-electron chi connectivity index (χ4n) is 4.68. The van der Waals surface area contributed by atoms with Crippen molar-refractivity contribution in [2.45, 2.75) is 0 Å². The summed E-state index contributed by atoms with van der Waals surface area (Å²) in [5, 5.41) is 7.66. The number of H-pyrrole nitrogens is 3. The van der Waals surface area contributed by atoms with Crippen LogP contribution in [0.2, 0.25) is 0 Å². The first-order valence-electron chi connectivity index (χ1n) is 9.22. The predicted octanol–water partition coefficient (Wildman–Crippen LogP) is 6.59. The summed E-state index contributed by atoms with van der Waals surface area (Å²) < 4.78 is 0. The number of aromatic amines is 3. The molecule has 3 aromatic heterocycles. The van der Waals surface area contributed by atoms with Gasteiger partial charge in [-0.3, -0.25) is 0 Å². The van der Waals surface area contributed by atoms with Gasteiger partial charge in [0.1, 0.15) is 0 Å². The largest absolute Gasteiger partial charge is 0.354 e. The molecule has 7 rings (SSSR count). The lowest BCUT2D eigenvalue weighted by Gasteiger charge is -1.97. The second-order valence-corrected chi connectivity index (χ2v) is 7.32. The van der Waals surface area contributed by atoms with Gasteiger partial charge in [-0.05, 0) is 36.4 Å². The van der Waals surface area contributed by atoms with Gasteiger partial charge in [0.05, 0.1) is 0 Å². The minimum Gasteiger partial charge on any atom is -0.354 e. The van der Waals surface area contributed by atoms with Crippen LogP contribution in [-0.4, -0.2) is 15.0 Å². The number of fused-ring (bicyclic) bond motifs is 10. The third kappa shape index (κ3) is 1.62. The third-order valence-corrected chi connectivity index (χ3v) is 5.85. The smallest absolute Gasteiger partial charge is 0.0472 e. The van der Waals surface area contributed by atoms with Gasteiger partial charge in [0, 0.05) is 65.4 Å². The molecule has 0 amide bonds. The zero-order chi connectivity index (χ0) is 17.5. The minimum atomic E-state index is 1.18. The molecule has 0 bridgehead atoms. The highest BCUT2D eigenvalue weighted by Gasteiger charge is 2.14. The Hall–Kier alpha value is -3.72. The normalized spacial score (nSPS) is 12.4. The summed E-state index contributed by atoms with van der Waals surface area (Å²) in [6.45, 7) is 0. The van der Waals surface area contributed by atoms with Gasteiger partial charge in [-0.25, -0.2) is 0 Å². The Bertz CT molecular complexity index is 1670. The molecule has 126 valence electrons. The van der Waals surface area contributed by atoms with Gasteiger partial charge < -0.3 is 15.0 Å². The first-order valence-corrected chi connectivity index (χ1v) is 9.22. The minimum absolute atomic E-state index is 1.18. The van der Waals surface area contributed by atoms with E-state index in [2.05, 4.69) is 87.7 Å². The van der Waals surface area contributed by atoms with E-state index in [1.54, 1.807) is 0 Å². The summed E-state index contributed by atoms with van der Waals surface area (Å²) in [6.07, 6.45) is 0. The van der Waals surface area contributed by atoms with Crippen molar-refractivity contribution in [3.8, 4) is 0 Å². The third-order valence-electron chi connectivity index (χ3n) is 5.85. The zero-order valence-electron chi connectivity index (χ0n) is 14.4. The van der Waals surface area contributed by atoms with Crippen LogP contribution in [0.1, 0.15) is 0 Å². The van der Waals surface area contributed by atoms with Crippen LogP contribution in [0.25, 0.3) is 65.4 Å². The lowest BCUT2D eigenvalue weighted by atomic mass is 10.0. The van der Waals surface area contributed by atoms with Gasteiger partial charge >= 0.3 is 0 Å². The van der Waals surface area contributed by atoms with E-state index in [9.17, 15) is 0 Å². The maximum Gasteiger partial charge on any atom is 0.0472 e. The molecule has 3 nitrogen and oxygen atoms in total. The van der Waals surface area contributed by atoms with Gasteiger partial charge in [-0.2, -0.15) is 0 Å². The fraction of sp³-hybridized carbons (Fsp3) is 0. The molecule has 0 unspecified atom stereocenters. The quantitative estimate of drug-likeness (QED) is 0.278. The number of hydrogen-bond acceptors (Lipinski definition) is 0. The summed E-state index contributed by atoms with van der Waals surface area (Å²) in [7, 11) is 0. The molecule has 4 aromatic carbocycles. The molecule has 7 aromatic rings. The topological polar surface area (TPSA) is 47.4 Å². The van der Waals surface area contributed by atoms with Crippen LogP contribution in [0, 0.1) is 0 Å². The standard InChI is InChI=1S/C24H15N3/c1-3-7-17-13(5-1)15-11-22-16(12-21(15)26-17)24-20(27-22)10-9-19-23(24)14-6-2-4-8-18(14)25-19/h1-12,25-27H. The number of hydrogen-bond donors (Lipinski definition) is 3. The Balaban J connectivity index is 1.75. The van der Waals surface area contributed by atoms with Crippen molar-refractivity contribution in [2.75, 3.05) is 0 Å². The van der Waals surface area contributed by atoms with Crippen molar-refractivity contribution in [3.05, 3.63) is 72.8 Å². The molecule has 0 fully saturated rings. The Morgan fingerprint density at radius 2 is 0.889 bits per heavy atom. The van der Waals surface area contributed by atoms with Gasteiger partial charge in [0.2, 0.25) is 0 Å². The van der Waals surface area contributed by atoms with E-state index in [1.807, 2.05) is 0 Å². The Kier molecular flexibility index (Phi) is 2.25. The fourth-order valence-corrected chi connectivity index (χ4v) is 4.68. The average Bonchev–Trinajstić information content (AvgIpc) is 3.36. The summed E-state index contributed by atoms with van der Waals surface area (Å²) in [4.78, 5) is 10.8. The van der Waals surface area contributed by atoms with Crippen molar-refractivity contribution in [2.24, 2.45) is 0 Å². The van der Waals surface area contributed by atoms with Gasteiger partial charge in [0.25, 0.3) is 0 Å². The Morgan fingerprint density at radius 1 is 0.370 bits per heavy atom. The van der Waals surface area contributed by atoms with Crippen molar-refractivity contribution in [3.63, 3.8) is 0 Å². The SMILES string of the molecule is c1ccc2c(c1)[nH]c1cc3c(cc12)[nH]c1ccc2[nH]c4ccccc4c2c13. The molecule has 3 heteroatoms. The summed E-state index contributed by atoms with van der Waals surface area (Å²) in [6, 6.07) is 26.0. The Morgan fingerprint density at radius 3 is 1.70 bits per heavy atom. The van der Waals surface area contributed by atoms with E-state index in [0.29, 0.717) is 0 Å². The second kappa shape index (κ2) is 4.51.